The van der Waals surface area contributed by atoms with E-state index in [0.29, 0.717) is 23.7 Å². The Balaban J connectivity index is 1.77. The van der Waals surface area contributed by atoms with Gasteiger partial charge in [0.25, 0.3) is 0 Å². The van der Waals surface area contributed by atoms with Gasteiger partial charge in [-0.2, -0.15) is 0 Å². The van der Waals surface area contributed by atoms with Crippen molar-refractivity contribution in [2.24, 2.45) is 7.05 Å². The van der Waals surface area contributed by atoms with Crippen LogP contribution in [0, 0.1) is 0 Å². The molecule has 0 aliphatic carbocycles. The highest BCUT2D eigenvalue weighted by molar-refractivity contribution is 9.10. The molecule has 0 aliphatic rings. The maximum absolute atomic E-state index is 12.7. The minimum Gasteiger partial charge on any atom is -0.342 e. The fraction of sp³-hybridized carbons (Fsp3) is 0.300. The molecular weight excluding hydrogens is 406 g/mol. The number of pyridine rings is 1. The number of aryl methyl sites for hydroxylation is 1. The third-order valence-electron chi connectivity index (χ3n) is 4.28. The third kappa shape index (κ3) is 5.01. The number of hydrogen-bond donors (Lipinski definition) is 1. The Morgan fingerprint density at radius 1 is 1.15 bits per heavy atom. The van der Waals surface area contributed by atoms with Crippen molar-refractivity contribution in [3.05, 3.63) is 75.8 Å². The quantitative estimate of drug-likeness (QED) is 0.652. The van der Waals surface area contributed by atoms with Crippen LogP contribution in [0.3, 0.4) is 0 Å². The van der Waals surface area contributed by atoms with Gasteiger partial charge in [0.05, 0.1) is 18.3 Å². The molecule has 7 heteroatoms. The van der Waals surface area contributed by atoms with Gasteiger partial charge in [0, 0.05) is 17.7 Å². The average Bonchev–Trinajstić information content (AvgIpc) is 3.07. The number of amides is 1. The van der Waals surface area contributed by atoms with Gasteiger partial charge in [-0.1, -0.05) is 43.3 Å². The zero-order valence-electron chi connectivity index (χ0n) is 15.6. The van der Waals surface area contributed by atoms with E-state index in [9.17, 15) is 4.79 Å². The lowest BCUT2D eigenvalue weighted by Gasteiger charge is -2.16. The summed E-state index contributed by atoms with van der Waals surface area (Å²) < 4.78 is 2.48. The Hall–Kier alpha value is -2.54. The van der Waals surface area contributed by atoms with E-state index >= 15 is 0 Å². The van der Waals surface area contributed by atoms with E-state index in [0.717, 1.165) is 10.0 Å². The molecule has 0 radical (unpaired) electrons. The smallest absolute Gasteiger partial charge is 0.225 e. The van der Waals surface area contributed by atoms with Crippen LogP contribution in [0.5, 0.6) is 0 Å². The molecule has 1 aromatic carbocycles. The van der Waals surface area contributed by atoms with Crippen molar-refractivity contribution in [1.82, 2.24) is 25.3 Å². The second kappa shape index (κ2) is 8.43. The van der Waals surface area contributed by atoms with Crippen molar-refractivity contribution in [1.29, 1.82) is 0 Å². The molecule has 0 fully saturated rings. The Morgan fingerprint density at radius 2 is 1.89 bits per heavy atom. The van der Waals surface area contributed by atoms with Crippen molar-refractivity contribution < 1.29 is 4.79 Å². The second-order valence-electron chi connectivity index (χ2n) is 6.79. The lowest BCUT2D eigenvalue weighted by Crippen LogP contribution is -2.31. The predicted molar refractivity (Wildman–Crippen MR) is 107 cm³/mol. The van der Waals surface area contributed by atoms with Crippen molar-refractivity contribution >= 4 is 21.8 Å². The molecule has 2 heterocycles. The Labute approximate surface area is 167 Å². The van der Waals surface area contributed by atoms with Crippen LogP contribution in [0.4, 0.5) is 0 Å². The summed E-state index contributed by atoms with van der Waals surface area (Å²) >= 11 is 3.38. The van der Waals surface area contributed by atoms with Crippen LogP contribution in [0.2, 0.25) is 0 Å². The number of carbonyl (C=O) groups is 1. The first-order valence-electron chi connectivity index (χ1n) is 8.78. The first kappa shape index (κ1) is 19.2. The molecule has 0 aliphatic heterocycles. The summed E-state index contributed by atoms with van der Waals surface area (Å²) in [5.41, 5.74) is 3.59. The van der Waals surface area contributed by atoms with Crippen molar-refractivity contribution in [3.63, 3.8) is 0 Å². The van der Waals surface area contributed by atoms with Crippen molar-refractivity contribution in [2.45, 2.75) is 32.2 Å². The molecule has 0 saturated heterocycles. The Morgan fingerprint density at radius 3 is 2.44 bits per heavy atom. The monoisotopic (exact) mass is 427 g/mol. The fourth-order valence-electron chi connectivity index (χ4n) is 2.77. The average molecular weight is 428 g/mol. The van der Waals surface area contributed by atoms with Crippen LogP contribution >= 0.6 is 15.9 Å². The Kier molecular flexibility index (Phi) is 6.01. The van der Waals surface area contributed by atoms with E-state index < -0.39 is 6.04 Å². The number of aromatic nitrogens is 4. The summed E-state index contributed by atoms with van der Waals surface area (Å²) in [6, 6.07) is 11.5. The van der Waals surface area contributed by atoms with Gasteiger partial charge in [-0.25, -0.2) is 0 Å². The highest BCUT2D eigenvalue weighted by atomic mass is 79.9. The molecule has 1 atom stereocenters. The van der Waals surface area contributed by atoms with Gasteiger partial charge in [0.1, 0.15) is 11.7 Å². The summed E-state index contributed by atoms with van der Waals surface area (Å²) in [4.78, 5) is 17.1. The van der Waals surface area contributed by atoms with Gasteiger partial charge in [-0.3, -0.25) is 14.5 Å². The molecule has 3 aromatic rings. The van der Waals surface area contributed by atoms with E-state index in [1.165, 1.54) is 5.56 Å². The van der Waals surface area contributed by atoms with E-state index in [1.807, 2.05) is 24.3 Å². The van der Waals surface area contributed by atoms with Crippen LogP contribution in [0.15, 0.2) is 53.3 Å². The fourth-order valence-corrected chi connectivity index (χ4v) is 3.01. The minimum atomic E-state index is -0.450. The largest absolute Gasteiger partial charge is 0.342 e. The zero-order chi connectivity index (χ0) is 19.4. The number of halogens is 1. The highest BCUT2D eigenvalue weighted by Gasteiger charge is 2.21. The van der Waals surface area contributed by atoms with Crippen LogP contribution in [0.1, 0.15) is 48.3 Å². The summed E-state index contributed by atoms with van der Waals surface area (Å²) in [6.07, 6.45) is 3.78. The van der Waals surface area contributed by atoms with Crippen LogP contribution in [-0.4, -0.2) is 25.9 Å². The van der Waals surface area contributed by atoms with Crippen molar-refractivity contribution in [3.8, 4) is 0 Å². The summed E-state index contributed by atoms with van der Waals surface area (Å²) in [7, 11) is 1.79. The maximum Gasteiger partial charge on any atom is 0.225 e. The van der Waals surface area contributed by atoms with Gasteiger partial charge in [0.15, 0.2) is 0 Å². The lowest BCUT2D eigenvalue weighted by atomic mass is 10.0. The van der Waals surface area contributed by atoms with Crippen LogP contribution in [0.25, 0.3) is 0 Å². The summed E-state index contributed by atoms with van der Waals surface area (Å²) in [5.74, 6) is 0.380. The maximum atomic E-state index is 12.7. The van der Waals surface area contributed by atoms with Crippen molar-refractivity contribution in [2.75, 3.05) is 0 Å². The molecule has 6 nitrogen and oxygen atoms in total. The molecule has 2 aromatic heterocycles. The molecule has 0 spiro atoms. The van der Waals surface area contributed by atoms with Gasteiger partial charge in [-0.15, -0.1) is 5.10 Å². The minimum absolute atomic E-state index is 0.0901. The molecule has 27 heavy (non-hydrogen) atoms. The molecular formula is C20H22BrN5O. The van der Waals surface area contributed by atoms with E-state index in [4.69, 9.17) is 0 Å². The Bertz CT molecular complexity index is 903. The topological polar surface area (TPSA) is 72.7 Å². The lowest BCUT2D eigenvalue weighted by molar-refractivity contribution is -0.121. The molecule has 3 rings (SSSR count). The SMILES string of the molecule is CC(C)c1ccc(CC(=O)NC(c2ccc(Br)cn2)c2cn(C)nn2)cc1. The van der Waals surface area contributed by atoms with E-state index in [-0.39, 0.29) is 5.91 Å². The number of rotatable bonds is 6. The molecule has 0 saturated carbocycles. The van der Waals surface area contributed by atoms with Crippen LogP contribution in [-0.2, 0) is 18.3 Å². The molecule has 1 amide bonds. The van der Waals surface area contributed by atoms with Gasteiger partial charge in [0.2, 0.25) is 5.91 Å². The molecule has 1 unspecified atom stereocenters. The summed E-state index contributed by atoms with van der Waals surface area (Å²) in [6.45, 7) is 4.30. The van der Waals surface area contributed by atoms with Gasteiger partial charge in [-0.05, 0) is 45.1 Å². The zero-order valence-corrected chi connectivity index (χ0v) is 17.1. The number of nitrogens with one attached hydrogen (secondary N) is 1. The van der Waals surface area contributed by atoms with Gasteiger partial charge >= 0.3 is 0 Å². The molecule has 1 N–H and O–H groups in total. The van der Waals surface area contributed by atoms with Crippen LogP contribution < -0.4 is 5.32 Å². The number of benzene rings is 1. The molecule has 0 bridgehead atoms. The van der Waals surface area contributed by atoms with Gasteiger partial charge < -0.3 is 5.32 Å². The normalized spacial score (nSPS) is 12.2. The first-order valence-corrected chi connectivity index (χ1v) is 9.57. The van der Waals surface area contributed by atoms with E-state index in [1.54, 1.807) is 24.1 Å². The molecule has 140 valence electrons. The third-order valence-corrected chi connectivity index (χ3v) is 4.75. The first-order chi connectivity index (χ1) is 12.9. The second-order valence-corrected chi connectivity index (χ2v) is 7.71. The predicted octanol–water partition coefficient (Wildman–Crippen LogP) is 3.54. The number of carbonyl (C=O) groups excluding carboxylic acids is 1. The van der Waals surface area contributed by atoms with E-state index in [2.05, 4.69) is 62.5 Å². The summed E-state index contributed by atoms with van der Waals surface area (Å²) in [5, 5.41) is 11.2. The number of nitrogens with zero attached hydrogens (tertiary/aromatic N) is 4. The standard InChI is InChI=1S/C20H22BrN5O/c1-13(2)15-6-4-14(5-7-15)10-19(27)23-20(18-12-26(3)25-24-18)17-9-8-16(21)11-22-17/h4-9,11-13,20H,10H2,1-3H3,(H,23,27). The number of hydrogen-bond acceptors (Lipinski definition) is 4. The highest BCUT2D eigenvalue weighted by Crippen LogP contribution is 2.20.